The third kappa shape index (κ3) is 19.5. The van der Waals surface area contributed by atoms with Gasteiger partial charge in [-0.15, -0.1) is 0 Å². The Bertz CT molecular complexity index is 223. The quantitative estimate of drug-likeness (QED) is 0.0884. The summed E-state index contributed by atoms with van der Waals surface area (Å²) in [6, 6.07) is 0. The number of aliphatic hydroxyl groups is 1. The third-order valence-corrected chi connectivity index (χ3v) is 5.60. The molecular weight excluding hydrogens is 507 g/mol. The molecule has 23 heavy (non-hydrogen) atoms. The van der Waals surface area contributed by atoms with Crippen molar-refractivity contribution in [2.45, 2.75) is 100 Å². The molecule has 0 aromatic heterocycles. The van der Waals surface area contributed by atoms with E-state index in [4.69, 9.17) is 10.8 Å². The molecule has 0 spiro atoms. The Labute approximate surface area is 171 Å². The summed E-state index contributed by atoms with van der Waals surface area (Å²) in [7, 11) is 0. The van der Waals surface area contributed by atoms with Crippen molar-refractivity contribution in [1.29, 1.82) is 0 Å². The van der Waals surface area contributed by atoms with Gasteiger partial charge in [-0.25, -0.2) is 12.6 Å². The molecule has 0 radical (unpaired) electrons. The summed E-state index contributed by atoms with van der Waals surface area (Å²) in [5.74, 6) is 0. The van der Waals surface area contributed by atoms with Gasteiger partial charge in [0.25, 0.3) is 0 Å². The molecule has 2 unspecified atom stereocenters. The Morgan fingerprint density at radius 2 is 1.04 bits per heavy atom. The van der Waals surface area contributed by atoms with E-state index < -0.39 is 0 Å². The predicted molar refractivity (Wildman–Crippen MR) is 106 cm³/mol. The van der Waals surface area contributed by atoms with E-state index in [1.807, 2.05) is 0 Å². The minimum absolute atomic E-state index is 0. The monoisotopic (exact) mass is 545 g/mol. The Kier molecular flexibility index (Phi) is 24.7. The van der Waals surface area contributed by atoms with Gasteiger partial charge in [-0.1, -0.05) is 82.3 Å². The van der Waals surface area contributed by atoms with Crippen molar-refractivity contribution >= 4 is 25.3 Å². The second kappa shape index (κ2) is 21.4. The Morgan fingerprint density at radius 1 is 0.696 bits per heavy atom. The smallest absolute Gasteiger partial charge is 0.482 e. The van der Waals surface area contributed by atoms with Crippen molar-refractivity contribution in [2.24, 2.45) is 5.73 Å². The number of hydrogen-bond donors (Lipinski definition) is 4. The fraction of sp³-hybridized carbons (Fsp3) is 0.944. The van der Waals surface area contributed by atoms with Gasteiger partial charge in [-0.05, 0) is 18.1 Å². The van der Waals surface area contributed by atoms with Crippen LogP contribution in [0, 0.1) is 6.54 Å². The molecular formula is C18H38AuNOS2. The molecule has 3 N–H and O–H groups in total. The first-order chi connectivity index (χ1) is 10.7. The molecule has 2 nitrogen and oxygen atoms in total. The maximum absolute atomic E-state index is 8.69. The molecule has 0 aromatic rings. The SMILES string of the molecule is N[CH-]C(S)C(S)CCCCCCCCCCCCCCCO.[Au+]. The number of nitrogens with two attached hydrogens (primary N) is 1. The second-order valence-corrected chi connectivity index (χ2v) is 7.62. The fourth-order valence-electron chi connectivity index (χ4n) is 2.71. The summed E-state index contributed by atoms with van der Waals surface area (Å²) < 4.78 is 0. The minimum atomic E-state index is 0. The van der Waals surface area contributed by atoms with Crippen LogP contribution < -0.4 is 5.73 Å². The van der Waals surface area contributed by atoms with Gasteiger partial charge in [0.1, 0.15) is 0 Å². The average Bonchev–Trinajstić information content (AvgIpc) is 2.54. The van der Waals surface area contributed by atoms with Crippen LogP contribution in [0.15, 0.2) is 0 Å². The molecule has 0 bridgehead atoms. The maximum atomic E-state index is 8.69. The first-order valence-corrected chi connectivity index (χ1v) is 10.3. The van der Waals surface area contributed by atoms with Crippen LogP contribution in [0.25, 0.3) is 0 Å². The topological polar surface area (TPSA) is 46.2 Å². The van der Waals surface area contributed by atoms with Gasteiger partial charge in [-0.2, -0.15) is 12.6 Å². The van der Waals surface area contributed by atoms with Crippen LogP contribution in [0.1, 0.15) is 89.9 Å². The summed E-state index contributed by atoms with van der Waals surface area (Å²) in [4.78, 5) is 0. The van der Waals surface area contributed by atoms with E-state index >= 15 is 0 Å². The van der Waals surface area contributed by atoms with E-state index in [1.54, 1.807) is 6.54 Å². The van der Waals surface area contributed by atoms with Gasteiger partial charge in [0.05, 0.1) is 0 Å². The summed E-state index contributed by atoms with van der Waals surface area (Å²) in [6.45, 7) is 1.99. The Morgan fingerprint density at radius 3 is 1.39 bits per heavy atom. The summed E-state index contributed by atoms with van der Waals surface area (Å²) in [6.07, 6.45) is 18.2. The van der Waals surface area contributed by atoms with Gasteiger partial charge in [0.15, 0.2) is 0 Å². The third-order valence-electron chi connectivity index (χ3n) is 4.25. The molecule has 0 fully saturated rings. The van der Waals surface area contributed by atoms with Crippen molar-refractivity contribution in [3.05, 3.63) is 6.54 Å². The molecule has 2 atom stereocenters. The Hall–Kier alpha value is 1.36. The van der Waals surface area contributed by atoms with Crippen molar-refractivity contribution in [3.63, 3.8) is 0 Å². The van der Waals surface area contributed by atoms with E-state index in [2.05, 4.69) is 25.3 Å². The molecule has 144 valence electrons. The van der Waals surface area contributed by atoms with E-state index in [1.165, 1.54) is 77.0 Å². The Balaban J connectivity index is 0. The molecule has 0 saturated heterocycles. The molecule has 0 saturated carbocycles. The normalized spacial score (nSPS) is 13.6. The van der Waals surface area contributed by atoms with Crippen molar-refractivity contribution < 1.29 is 27.5 Å². The molecule has 0 aromatic carbocycles. The van der Waals surface area contributed by atoms with E-state index in [-0.39, 0.29) is 27.6 Å². The first kappa shape index (κ1) is 26.6. The van der Waals surface area contributed by atoms with Crippen LogP contribution >= 0.6 is 25.3 Å². The van der Waals surface area contributed by atoms with Gasteiger partial charge in [0.2, 0.25) is 0 Å². The van der Waals surface area contributed by atoms with Crippen molar-refractivity contribution in [1.82, 2.24) is 0 Å². The molecule has 0 rings (SSSR count). The van der Waals surface area contributed by atoms with Crippen LogP contribution in [-0.2, 0) is 22.4 Å². The largest absolute Gasteiger partial charge is 1.00 e. The number of rotatable bonds is 17. The van der Waals surface area contributed by atoms with Gasteiger partial charge in [0, 0.05) is 6.61 Å². The van der Waals surface area contributed by atoms with Gasteiger partial charge < -0.3 is 10.8 Å². The van der Waals surface area contributed by atoms with E-state index in [0.29, 0.717) is 11.9 Å². The second-order valence-electron chi connectivity index (χ2n) is 6.36. The summed E-state index contributed by atoms with van der Waals surface area (Å²) in [5.41, 5.74) is 5.46. The van der Waals surface area contributed by atoms with Crippen LogP contribution in [-0.4, -0.2) is 22.2 Å². The van der Waals surface area contributed by atoms with E-state index in [0.717, 1.165) is 12.8 Å². The van der Waals surface area contributed by atoms with Crippen molar-refractivity contribution in [3.8, 4) is 0 Å². The zero-order valence-corrected chi connectivity index (χ0v) is 18.5. The van der Waals surface area contributed by atoms with Crippen LogP contribution in [0.3, 0.4) is 0 Å². The zero-order valence-electron chi connectivity index (χ0n) is 14.6. The maximum Gasteiger partial charge on any atom is 1.00 e. The van der Waals surface area contributed by atoms with Gasteiger partial charge in [-0.3, -0.25) is 6.54 Å². The van der Waals surface area contributed by atoms with E-state index in [9.17, 15) is 0 Å². The number of aliphatic hydroxyl groups excluding tert-OH is 1. The first-order valence-electron chi connectivity index (χ1n) is 9.24. The molecule has 0 aliphatic rings. The van der Waals surface area contributed by atoms with Crippen LogP contribution in [0.2, 0.25) is 0 Å². The minimum Gasteiger partial charge on any atom is -0.482 e. The molecule has 0 aliphatic heterocycles. The molecule has 0 heterocycles. The zero-order chi connectivity index (χ0) is 16.5. The van der Waals surface area contributed by atoms with Crippen molar-refractivity contribution in [2.75, 3.05) is 6.61 Å². The van der Waals surface area contributed by atoms with Crippen LogP contribution in [0.4, 0.5) is 0 Å². The van der Waals surface area contributed by atoms with Gasteiger partial charge >= 0.3 is 22.4 Å². The number of unbranched alkanes of at least 4 members (excludes halogenated alkanes) is 12. The summed E-state index contributed by atoms with van der Waals surface area (Å²) >= 11 is 8.90. The predicted octanol–water partition coefficient (Wildman–Crippen LogP) is 5.15. The standard InChI is InChI=1S/C18H38NOS2.Au/c19-16-18(22)17(21)14-12-10-8-6-4-2-1-3-5-7-9-11-13-15-20;/h16-18,20-22H,1-15,19H2;/q-1;+1. The number of hydrogen-bond acceptors (Lipinski definition) is 4. The average molecular weight is 546 g/mol. The molecule has 5 heteroatoms. The summed E-state index contributed by atoms with van der Waals surface area (Å²) in [5, 5.41) is 9.11. The molecule has 0 aliphatic carbocycles. The number of thiol groups is 2. The van der Waals surface area contributed by atoms with Crippen LogP contribution in [0.5, 0.6) is 0 Å². The fourth-order valence-corrected chi connectivity index (χ4v) is 3.14. The molecule has 0 amide bonds.